The standard InChI is InChI=1S/C10H22N2O3/c1-8(2)4-12-10(14)6-11-5-9(13)7-15-3/h8-9,11,13H,4-7H2,1-3H3,(H,12,14). The predicted octanol–water partition coefficient (Wildman–Crippen LogP) is -0.644. The van der Waals surface area contributed by atoms with Crippen molar-refractivity contribution in [2.75, 3.05) is 33.4 Å². The van der Waals surface area contributed by atoms with Crippen LogP contribution in [0, 0.1) is 5.92 Å². The van der Waals surface area contributed by atoms with Crippen LogP contribution >= 0.6 is 0 Å². The molecule has 5 nitrogen and oxygen atoms in total. The molecule has 0 saturated carbocycles. The van der Waals surface area contributed by atoms with Crippen molar-refractivity contribution in [1.29, 1.82) is 0 Å². The smallest absolute Gasteiger partial charge is 0.233 e. The molecule has 0 aliphatic carbocycles. The highest BCUT2D eigenvalue weighted by Crippen LogP contribution is 1.86. The lowest BCUT2D eigenvalue weighted by Crippen LogP contribution is -2.39. The Bertz CT molecular complexity index is 174. The number of carbonyl (C=O) groups is 1. The van der Waals surface area contributed by atoms with Crippen LogP contribution in [-0.4, -0.2) is 50.5 Å². The van der Waals surface area contributed by atoms with Crippen molar-refractivity contribution < 1.29 is 14.6 Å². The predicted molar refractivity (Wildman–Crippen MR) is 58.6 cm³/mol. The lowest BCUT2D eigenvalue weighted by Gasteiger charge is -2.11. The van der Waals surface area contributed by atoms with E-state index in [-0.39, 0.29) is 19.1 Å². The van der Waals surface area contributed by atoms with E-state index in [4.69, 9.17) is 4.74 Å². The molecule has 90 valence electrons. The molecule has 0 heterocycles. The Labute approximate surface area is 91.2 Å². The van der Waals surface area contributed by atoms with Crippen molar-refractivity contribution in [2.24, 2.45) is 5.92 Å². The zero-order chi connectivity index (χ0) is 11.7. The number of nitrogens with one attached hydrogen (secondary N) is 2. The third kappa shape index (κ3) is 9.65. The molecular weight excluding hydrogens is 196 g/mol. The summed E-state index contributed by atoms with van der Waals surface area (Å²) in [5, 5.41) is 14.9. The van der Waals surface area contributed by atoms with E-state index in [2.05, 4.69) is 10.6 Å². The average Bonchev–Trinajstić information content (AvgIpc) is 2.15. The fourth-order valence-electron chi connectivity index (χ4n) is 0.984. The monoisotopic (exact) mass is 218 g/mol. The summed E-state index contributed by atoms with van der Waals surface area (Å²) in [5.74, 6) is 0.404. The molecule has 15 heavy (non-hydrogen) atoms. The molecule has 0 aliphatic heterocycles. The van der Waals surface area contributed by atoms with Crippen molar-refractivity contribution in [2.45, 2.75) is 20.0 Å². The third-order valence-corrected chi connectivity index (χ3v) is 1.73. The number of ether oxygens (including phenoxy) is 1. The molecule has 1 atom stereocenters. The molecule has 0 fully saturated rings. The first-order chi connectivity index (χ1) is 7.06. The normalized spacial score (nSPS) is 12.9. The zero-order valence-electron chi connectivity index (χ0n) is 9.75. The quantitative estimate of drug-likeness (QED) is 0.506. The number of methoxy groups -OCH3 is 1. The molecule has 0 aliphatic rings. The van der Waals surface area contributed by atoms with Crippen LogP contribution < -0.4 is 10.6 Å². The van der Waals surface area contributed by atoms with Gasteiger partial charge in [0.15, 0.2) is 0 Å². The maximum absolute atomic E-state index is 11.2. The summed E-state index contributed by atoms with van der Waals surface area (Å²) < 4.78 is 4.75. The number of hydrogen-bond donors (Lipinski definition) is 3. The number of aliphatic hydroxyl groups excluding tert-OH is 1. The van der Waals surface area contributed by atoms with Gasteiger partial charge in [-0.25, -0.2) is 0 Å². The first-order valence-electron chi connectivity index (χ1n) is 5.20. The first-order valence-corrected chi connectivity index (χ1v) is 5.20. The van der Waals surface area contributed by atoms with Gasteiger partial charge < -0.3 is 20.5 Å². The lowest BCUT2D eigenvalue weighted by atomic mass is 10.2. The van der Waals surface area contributed by atoms with E-state index in [1.807, 2.05) is 13.8 Å². The molecule has 0 spiro atoms. The maximum atomic E-state index is 11.2. The van der Waals surface area contributed by atoms with E-state index in [0.29, 0.717) is 19.0 Å². The Balaban J connectivity index is 3.38. The molecule has 1 amide bonds. The molecule has 0 aromatic carbocycles. The van der Waals surface area contributed by atoms with Crippen LogP contribution in [0.1, 0.15) is 13.8 Å². The summed E-state index contributed by atoms with van der Waals surface area (Å²) in [6.45, 7) is 5.63. The average molecular weight is 218 g/mol. The Hall–Kier alpha value is -0.650. The second-order valence-corrected chi connectivity index (χ2v) is 3.94. The maximum Gasteiger partial charge on any atom is 0.233 e. The molecule has 5 heteroatoms. The van der Waals surface area contributed by atoms with Crippen molar-refractivity contribution in [1.82, 2.24) is 10.6 Å². The molecule has 1 unspecified atom stereocenters. The molecule has 0 aromatic heterocycles. The van der Waals surface area contributed by atoms with Gasteiger partial charge in [-0.15, -0.1) is 0 Å². The minimum absolute atomic E-state index is 0.0479. The van der Waals surface area contributed by atoms with Gasteiger partial charge in [-0.05, 0) is 5.92 Å². The van der Waals surface area contributed by atoms with Gasteiger partial charge in [-0.3, -0.25) is 4.79 Å². The minimum atomic E-state index is -0.562. The first kappa shape index (κ1) is 14.3. The molecule has 0 radical (unpaired) electrons. The molecular formula is C10H22N2O3. The molecule has 0 rings (SSSR count). The van der Waals surface area contributed by atoms with Gasteiger partial charge in [0.05, 0.1) is 19.3 Å². The van der Waals surface area contributed by atoms with Crippen LogP contribution in [0.25, 0.3) is 0 Å². The fraction of sp³-hybridized carbons (Fsp3) is 0.900. The Morgan fingerprint density at radius 3 is 2.60 bits per heavy atom. The van der Waals surface area contributed by atoms with Crippen LogP contribution in [0.3, 0.4) is 0 Å². The summed E-state index contributed by atoms with van der Waals surface area (Å²) in [5.41, 5.74) is 0. The van der Waals surface area contributed by atoms with Crippen molar-refractivity contribution in [3.63, 3.8) is 0 Å². The summed E-state index contributed by atoms with van der Waals surface area (Å²) in [7, 11) is 1.53. The van der Waals surface area contributed by atoms with Gasteiger partial charge in [0.1, 0.15) is 0 Å². The second kappa shape index (κ2) is 8.64. The van der Waals surface area contributed by atoms with E-state index >= 15 is 0 Å². The van der Waals surface area contributed by atoms with E-state index < -0.39 is 6.10 Å². The van der Waals surface area contributed by atoms with Crippen molar-refractivity contribution in [3.8, 4) is 0 Å². The van der Waals surface area contributed by atoms with Crippen LogP contribution in [0.5, 0.6) is 0 Å². The zero-order valence-corrected chi connectivity index (χ0v) is 9.75. The van der Waals surface area contributed by atoms with E-state index in [1.54, 1.807) is 0 Å². The number of amides is 1. The SMILES string of the molecule is COCC(O)CNCC(=O)NCC(C)C. The van der Waals surface area contributed by atoms with Gasteiger partial charge >= 0.3 is 0 Å². The molecule has 0 saturated heterocycles. The summed E-state index contributed by atoms with van der Waals surface area (Å²) >= 11 is 0. The van der Waals surface area contributed by atoms with Crippen molar-refractivity contribution >= 4 is 5.91 Å². The number of carbonyl (C=O) groups excluding carboxylic acids is 1. The van der Waals surface area contributed by atoms with Gasteiger partial charge in [0, 0.05) is 20.2 Å². The van der Waals surface area contributed by atoms with Gasteiger partial charge in [-0.1, -0.05) is 13.8 Å². The van der Waals surface area contributed by atoms with Crippen LogP contribution in [0.15, 0.2) is 0 Å². The number of aliphatic hydroxyl groups is 1. The van der Waals surface area contributed by atoms with Gasteiger partial charge in [0.25, 0.3) is 0 Å². The highest BCUT2D eigenvalue weighted by molar-refractivity contribution is 5.77. The highest BCUT2D eigenvalue weighted by Gasteiger charge is 2.05. The van der Waals surface area contributed by atoms with Crippen molar-refractivity contribution in [3.05, 3.63) is 0 Å². The Kier molecular flexibility index (Phi) is 8.27. The highest BCUT2D eigenvalue weighted by atomic mass is 16.5. The fourth-order valence-corrected chi connectivity index (χ4v) is 0.984. The Morgan fingerprint density at radius 2 is 2.07 bits per heavy atom. The molecule has 0 aromatic rings. The van der Waals surface area contributed by atoms with E-state index in [1.165, 1.54) is 7.11 Å². The second-order valence-electron chi connectivity index (χ2n) is 3.94. The lowest BCUT2D eigenvalue weighted by molar-refractivity contribution is -0.120. The van der Waals surface area contributed by atoms with Gasteiger partial charge in [-0.2, -0.15) is 0 Å². The molecule has 0 bridgehead atoms. The van der Waals surface area contributed by atoms with E-state index in [9.17, 15) is 9.90 Å². The van der Waals surface area contributed by atoms with Crippen LogP contribution in [0.4, 0.5) is 0 Å². The Morgan fingerprint density at radius 1 is 1.40 bits per heavy atom. The largest absolute Gasteiger partial charge is 0.389 e. The number of rotatable bonds is 8. The van der Waals surface area contributed by atoms with E-state index in [0.717, 1.165) is 0 Å². The topological polar surface area (TPSA) is 70.6 Å². The number of hydrogen-bond acceptors (Lipinski definition) is 4. The summed E-state index contributed by atoms with van der Waals surface area (Å²) in [6, 6.07) is 0. The summed E-state index contributed by atoms with van der Waals surface area (Å²) in [4.78, 5) is 11.2. The summed E-state index contributed by atoms with van der Waals surface area (Å²) in [6.07, 6.45) is -0.562. The molecule has 3 N–H and O–H groups in total. The third-order valence-electron chi connectivity index (χ3n) is 1.73. The van der Waals surface area contributed by atoms with Crippen LogP contribution in [-0.2, 0) is 9.53 Å². The minimum Gasteiger partial charge on any atom is -0.389 e. The van der Waals surface area contributed by atoms with Crippen LogP contribution in [0.2, 0.25) is 0 Å². The van der Waals surface area contributed by atoms with Gasteiger partial charge in [0.2, 0.25) is 5.91 Å².